The van der Waals surface area contributed by atoms with E-state index < -0.39 is 0 Å². The standard InChI is InChI=1S/C21H22ClN5O3S2/c1-30-16-8-6-14(7-9-16)10-11-23-19(29)25-20-26-27-21(32-20)31-13-18(28)24-12-15-4-2-3-5-17(15)22/h2-9H,10-13H2,1H3,(H,24,28)(H2,23,25,26,29). The second kappa shape index (κ2) is 12.3. The van der Waals surface area contributed by atoms with E-state index in [2.05, 4.69) is 26.1 Å². The van der Waals surface area contributed by atoms with Crippen molar-refractivity contribution >= 4 is 51.8 Å². The maximum absolute atomic E-state index is 12.1. The molecule has 0 bridgehead atoms. The molecule has 1 heterocycles. The van der Waals surface area contributed by atoms with E-state index in [1.807, 2.05) is 42.5 Å². The third-order valence-electron chi connectivity index (χ3n) is 4.25. The Hall–Kier alpha value is -2.82. The molecule has 8 nitrogen and oxygen atoms in total. The van der Waals surface area contributed by atoms with Crippen LogP contribution in [0.2, 0.25) is 5.02 Å². The summed E-state index contributed by atoms with van der Waals surface area (Å²) < 4.78 is 5.71. The number of benzene rings is 2. The van der Waals surface area contributed by atoms with Crippen LogP contribution < -0.4 is 20.7 Å². The van der Waals surface area contributed by atoms with Crippen LogP contribution in [0, 0.1) is 0 Å². The number of urea groups is 1. The number of amides is 3. The minimum Gasteiger partial charge on any atom is -0.497 e. The smallest absolute Gasteiger partial charge is 0.321 e. The first-order chi connectivity index (χ1) is 15.5. The lowest BCUT2D eigenvalue weighted by Crippen LogP contribution is -2.30. The van der Waals surface area contributed by atoms with E-state index in [1.165, 1.54) is 23.1 Å². The van der Waals surface area contributed by atoms with Gasteiger partial charge in [0, 0.05) is 18.1 Å². The highest BCUT2D eigenvalue weighted by atomic mass is 35.5. The number of thioether (sulfide) groups is 1. The first-order valence-electron chi connectivity index (χ1n) is 9.67. The van der Waals surface area contributed by atoms with E-state index >= 15 is 0 Å². The lowest BCUT2D eigenvalue weighted by atomic mass is 10.1. The summed E-state index contributed by atoms with van der Waals surface area (Å²) >= 11 is 8.54. The van der Waals surface area contributed by atoms with Gasteiger partial charge in [0.1, 0.15) is 5.75 Å². The van der Waals surface area contributed by atoms with Crippen molar-refractivity contribution in [3.63, 3.8) is 0 Å². The van der Waals surface area contributed by atoms with Crippen molar-refractivity contribution in [2.75, 3.05) is 24.7 Å². The van der Waals surface area contributed by atoms with Crippen LogP contribution in [0.15, 0.2) is 52.9 Å². The Labute approximate surface area is 199 Å². The number of nitrogens with one attached hydrogen (secondary N) is 3. The van der Waals surface area contributed by atoms with Crippen LogP contribution in [0.1, 0.15) is 11.1 Å². The summed E-state index contributed by atoms with van der Waals surface area (Å²) in [6.07, 6.45) is 0.692. The first-order valence-corrected chi connectivity index (χ1v) is 11.9. The number of carbonyl (C=O) groups excluding carboxylic acids is 2. The largest absolute Gasteiger partial charge is 0.497 e. The van der Waals surface area contributed by atoms with Crippen LogP contribution in [0.3, 0.4) is 0 Å². The molecular weight excluding hydrogens is 470 g/mol. The third-order valence-corrected chi connectivity index (χ3v) is 6.59. The van der Waals surface area contributed by atoms with Gasteiger partial charge in [-0.2, -0.15) is 0 Å². The Morgan fingerprint density at radius 3 is 2.62 bits per heavy atom. The lowest BCUT2D eigenvalue weighted by Gasteiger charge is -2.06. The molecule has 32 heavy (non-hydrogen) atoms. The molecule has 11 heteroatoms. The van der Waals surface area contributed by atoms with Gasteiger partial charge >= 0.3 is 6.03 Å². The molecule has 0 spiro atoms. The monoisotopic (exact) mass is 491 g/mol. The number of aromatic nitrogens is 2. The number of rotatable bonds is 10. The van der Waals surface area contributed by atoms with Crippen LogP contribution in [0.25, 0.3) is 0 Å². The third kappa shape index (κ3) is 7.70. The quantitative estimate of drug-likeness (QED) is 0.293. The molecule has 0 saturated heterocycles. The second-order valence-electron chi connectivity index (χ2n) is 6.51. The summed E-state index contributed by atoms with van der Waals surface area (Å²) in [7, 11) is 1.62. The number of hydrogen-bond donors (Lipinski definition) is 3. The fourth-order valence-corrected chi connectivity index (χ4v) is 4.37. The number of hydrogen-bond acceptors (Lipinski definition) is 7. The zero-order chi connectivity index (χ0) is 22.8. The molecule has 0 saturated carbocycles. The highest BCUT2D eigenvalue weighted by molar-refractivity contribution is 8.01. The summed E-state index contributed by atoms with van der Waals surface area (Å²) in [6, 6.07) is 14.7. The van der Waals surface area contributed by atoms with Gasteiger partial charge in [0.15, 0.2) is 4.34 Å². The topological polar surface area (TPSA) is 105 Å². The summed E-state index contributed by atoms with van der Waals surface area (Å²) in [6.45, 7) is 0.836. The van der Waals surface area contributed by atoms with Crippen LogP contribution >= 0.6 is 34.7 Å². The summed E-state index contributed by atoms with van der Waals surface area (Å²) in [5.41, 5.74) is 1.95. The van der Waals surface area contributed by atoms with Crippen LogP contribution in [0.4, 0.5) is 9.93 Å². The van der Waals surface area contributed by atoms with Crippen molar-refractivity contribution < 1.29 is 14.3 Å². The highest BCUT2D eigenvalue weighted by Gasteiger charge is 2.11. The van der Waals surface area contributed by atoms with Crippen LogP contribution in [-0.4, -0.2) is 41.5 Å². The second-order valence-corrected chi connectivity index (χ2v) is 9.12. The molecule has 0 aliphatic rings. The van der Waals surface area contributed by atoms with Gasteiger partial charge in [-0.25, -0.2) is 4.79 Å². The zero-order valence-electron chi connectivity index (χ0n) is 17.3. The molecule has 3 N–H and O–H groups in total. The molecule has 1 aromatic heterocycles. The predicted molar refractivity (Wildman–Crippen MR) is 128 cm³/mol. The van der Waals surface area contributed by atoms with E-state index in [4.69, 9.17) is 16.3 Å². The highest BCUT2D eigenvalue weighted by Crippen LogP contribution is 2.25. The van der Waals surface area contributed by atoms with Crippen LogP contribution in [0.5, 0.6) is 5.75 Å². The Morgan fingerprint density at radius 1 is 1.09 bits per heavy atom. The van der Waals surface area contributed by atoms with Gasteiger partial charge in [-0.1, -0.05) is 65.0 Å². The molecule has 3 aromatic rings. The Bertz CT molecular complexity index is 1050. The average molecular weight is 492 g/mol. The van der Waals surface area contributed by atoms with E-state index in [0.29, 0.717) is 34.0 Å². The fourth-order valence-electron chi connectivity index (χ4n) is 2.59. The Balaban J connectivity index is 1.35. The predicted octanol–water partition coefficient (Wildman–Crippen LogP) is 3.97. The number of anilines is 1. The molecule has 0 aliphatic heterocycles. The molecule has 0 unspecified atom stereocenters. The normalized spacial score (nSPS) is 10.4. The lowest BCUT2D eigenvalue weighted by molar-refractivity contribution is -0.118. The molecule has 2 aromatic carbocycles. The molecule has 0 aliphatic carbocycles. The molecule has 0 atom stereocenters. The Kier molecular flexibility index (Phi) is 9.14. The zero-order valence-corrected chi connectivity index (χ0v) is 19.6. The van der Waals surface area contributed by atoms with Gasteiger partial charge in [-0.3, -0.25) is 10.1 Å². The Morgan fingerprint density at radius 2 is 1.88 bits per heavy atom. The number of carbonyl (C=O) groups is 2. The molecule has 3 rings (SSSR count). The van der Waals surface area contributed by atoms with Crippen molar-refractivity contribution in [2.45, 2.75) is 17.3 Å². The maximum Gasteiger partial charge on any atom is 0.321 e. The molecule has 168 valence electrons. The van der Waals surface area contributed by atoms with Gasteiger partial charge in [0.2, 0.25) is 11.0 Å². The van der Waals surface area contributed by atoms with Gasteiger partial charge in [-0.05, 0) is 35.7 Å². The number of nitrogens with zero attached hydrogens (tertiary/aromatic N) is 2. The molecular formula is C21H22ClN5O3S2. The van der Waals surface area contributed by atoms with Gasteiger partial charge in [-0.15, -0.1) is 10.2 Å². The van der Waals surface area contributed by atoms with Crippen LogP contribution in [-0.2, 0) is 17.8 Å². The van der Waals surface area contributed by atoms with Crippen molar-refractivity contribution in [2.24, 2.45) is 0 Å². The van der Waals surface area contributed by atoms with Gasteiger partial charge < -0.3 is 15.4 Å². The molecule has 3 amide bonds. The maximum atomic E-state index is 12.1. The van der Waals surface area contributed by atoms with E-state index in [0.717, 1.165) is 16.9 Å². The first kappa shape index (κ1) is 23.8. The van der Waals surface area contributed by atoms with Crippen molar-refractivity contribution in [3.8, 4) is 5.75 Å². The molecule has 0 radical (unpaired) electrons. The van der Waals surface area contributed by atoms with E-state index in [1.54, 1.807) is 13.2 Å². The number of halogens is 1. The summed E-state index contributed by atoms with van der Waals surface area (Å²) in [5.74, 6) is 0.839. The van der Waals surface area contributed by atoms with Crippen molar-refractivity contribution in [1.29, 1.82) is 0 Å². The van der Waals surface area contributed by atoms with Gasteiger partial charge in [0.25, 0.3) is 0 Å². The average Bonchev–Trinajstić information content (AvgIpc) is 3.24. The summed E-state index contributed by atoms with van der Waals surface area (Å²) in [4.78, 5) is 24.1. The number of ether oxygens (including phenoxy) is 1. The van der Waals surface area contributed by atoms with E-state index in [9.17, 15) is 9.59 Å². The van der Waals surface area contributed by atoms with Crippen molar-refractivity contribution in [1.82, 2.24) is 20.8 Å². The summed E-state index contributed by atoms with van der Waals surface area (Å²) in [5, 5.41) is 17.2. The molecule has 0 fully saturated rings. The van der Waals surface area contributed by atoms with Gasteiger partial charge in [0.05, 0.1) is 12.9 Å². The minimum atomic E-state index is -0.358. The minimum absolute atomic E-state index is 0.143. The van der Waals surface area contributed by atoms with Crippen molar-refractivity contribution in [3.05, 3.63) is 64.7 Å². The van der Waals surface area contributed by atoms with E-state index in [-0.39, 0.29) is 17.7 Å². The SMILES string of the molecule is COc1ccc(CCNC(=O)Nc2nnc(SCC(=O)NCc3ccccc3Cl)s2)cc1. The fraction of sp³-hybridized carbons (Fsp3) is 0.238. The number of methoxy groups -OCH3 is 1.